The number of hydroxylamine groups is 2. The molecule has 0 unspecified atom stereocenters. The predicted molar refractivity (Wildman–Crippen MR) is 110 cm³/mol. The molecule has 1 N–H and O–H groups in total. The van der Waals surface area contributed by atoms with Crippen molar-refractivity contribution in [2.24, 2.45) is 0 Å². The number of nitrogens with one attached hydrogen (secondary N) is 1. The Hall–Kier alpha value is -3.71. The van der Waals surface area contributed by atoms with Crippen LogP contribution in [-0.4, -0.2) is 35.9 Å². The van der Waals surface area contributed by atoms with Gasteiger partial charge in [0.1, 0.15) is 5.75 Å². The fraction of sp³-hybridized carbons (Fsp3) is 0.190. The number of halogens is 3. The first kappa shape index (κ1) is 23.4. The summed E-state index contributed by atoms with van der Waals surface area (Å²) in [5, 5.41) is 3.99. The monoisotopic (exact) mass is 494 g/mol. The number of fused-ring (bicyclic) bond motifs is 1. The van der Waals surface area contributed by atoms with Crippen LogP contribution in [0, 0.1) is 0 Å². The number of pyridine rings is 2. The first-order valence-electron chi connectivity index (χ1n) is 9.78. The number of sulfone groups is 1. The van der Waals surface area contributed by atoms with Crippen LogP contribution >= 0.6 is 0 Å². The summed E-state index contributed by atoms with van der Waals surface area (Å²) in [4.78, 5) is 24.7. The van der Waals surface area contributed by atoms with E-state index in [2.05, 4.69) is 20.0 Å². The van der Waals surface area contributed by atoms with E-state index < -0.39 is 28.0 Å². The number of hydrogen-bond acceptors (Lipinski definition) is 8. The zero-order valence-electron chi connectivity index (χ0n) is 17.3. The molecule has 9 nitrogen and oxygen atoms in total. The highest BCUT2D eigenvalue weighted by molar-refractivity contribution is 7.91. The average molecular weight is 494 g/mol. The average Bonchev–Trinajstić information content (AvgIpc) is 3.19. The highest BCUT2D eigenvalue weighted by atomic mass is 32.2. The second-order valence-electron chi connectivity index (χ2n) is 7.19. The molecular formula is C21H17F3N4O5S. The summed E-state index contributed by atoms with van der Waals surface area (Å²) in [5.74, 6) is -0.654. The number of amides is 1. The number of rotatable bonds is 6. The van der Waals surface area contributed by atoms with Crippen LogP contribution in [-0.2, 0) is 34.3 Å². The molecule has 1 aliphatic heterocycles. The van der Waals surface area contributed by atoms with Crippen molar-refractivity contribution in [3.05, 3.63) is 77.9 Å². The molecular weight excluding hydrogens is 477 g/mol. The first-order valence-corrected chi connectivity index (χ1v) is 11.3. The molecule has 0 saturated carbocycles. The lowest BCUT2D eigenvalue weighted by atomic mass is 10.2. The van der Waals surface area contributed by atoms with E-state index in [1.165, 1.54) is 17.2 Å². The summed E-state index contributed by atoms with van der Waals surface area (Å²) in [6.45, 7) is 0.818. The second-order valence-corrected chi connectivity index (χ2v) is 9.14. The normalized spacial score (nSPS) is 13.9. The van der Waals surface area contributed by atoms with Crippen LogP contribution in [0.15, 0.2) is 70.8 Å². The molecule has 2 aromatic heterocycles. The molecule has 1 amide bonds. The van der Waals surface area contributed by atoms with Crippen LogP contribution in [0.25, 0.3) is 0 Å². The lowest BCUT2D eigenvalue weighted by molar-refractivity contribution is -0.274. The Morgan fingerprint density at radius 2 is 1.85 bits per heavy atom. The van der Waals surface area contributed by atoms with Crippen LogP contribution in [0.4, 0.5) is 18.0 Å². The fourth-order valence-electron chi connectivity index (χ4n) is 3.21. The van der Waals surface area contributed by atoms with E-state index in [0.29, 0.717) is 18.8 Å². The number of hydrogen-bond donors (Lipinski definition) is 1. The zero-order valence-corrected chi connectivity index (χ0v) is 18.1. The van der Waals surface area contributed by atoms with Crippen molar-refractivity contribution in [3.63, 3.8) is 0 Å². The molecule has 1 aromatic carbocycles. The molecule has 0 spiro atoms. The lowest BCUT2D eigenvalue weighted by Gasteiger charge is -2.14. The maximum absolute atomic E-state index is 12.7. The summed E-state index contributed by atoms with van der Waals surface area (Å²) < 4.78 is 66.5. The van der Waals surface area contributed by atoms with Crippen molar-refractivity contribution in [2.75, 3.05) is 0 Å². The number of carbonyl (C=O) groups excluding carboxylic acids is 1. The Kier molecular flexibility index (Phi) is 6.39. The number of alkyl halides is 3. The van der Waals surface area contributed by atoms with Gasteiger partial charge in [0.15, 0.2) is 0 Å². The van der Waals surface area contributed by atoms with Crippen LogP contribution < -0.4 is 10.1 Å². The quantitative estimate of drug-likeness (QED) is 0.556. The first-order chi connectivity index (χ1) is 16.1. The molecule has 13 heteroatoms. The minimum atomic E-state index is -4.95. The van der Waals surface area contributed by atoms with Crippen molar-refractivity contribution in [2.45, 2.75) is 35.8 Å². The third-order valence-electron chi connectivity index (χ3n) is 4.78. The van der Waals surface area contributed by atoms with Gasteiger partial charge in [-0.2, -0.15) is 0 Å². The van der Waals surface area contributed by atoms with E-state index in [9.17, 15) is 26.4 Å². The van der Waals surface area contributed by atoms with Gasteiger partial charge in [0.2, 0.25) is 9.84 Å². The van der Waals surface area contributed by atoms with E-state index in [0.717, 1.165) is 41.6 Å². The van der Waals surface area contributed by atoms with Gasteiger partial charge in [-0.3, -0.25) is 9.97 Å². The minimum absolute atomic E-state index is 0.0313. The van der Waals surface area contributed by atoms with Gasteiger partial charge in [0.25, 0.3) is 0 Å². The SMILES string of the molecule is O=C(NCc1ccc(S(=O)(=O)c2cccc(OC(F)(F)F)c2)cn1)ON1Cc2ccncc2C1. The van der Waals surface area contributed by atoms with E-state index in [-0.39, 0.29) is 16.3 Å². The van der Waals surface area contributed by atoms with E-state index >= 15 is 0 Å². The molecule has 0 aliphatic carbocycles. The molecule has 3 heterocycles. The zero-order chi connectivity index (χ0) is 24.3. The number of carbonyl (C=O) groups is 1. The molecule has 3 aromatic rings. The summed E-state index contributed by atoms with van der Waals surface area (Å²) in [5.41, 5.74) is 2.32. The summed E-state index contributed by atoms with van der Waals surface area (Å²) >= 11 is 0. The molecule has 4 rings (SSSR count). The maximum atomic E-state index is 12.7. The molecule has 0 fully saturated rings. The van der Waals surface area contributed by atoms with Crippen LogP contribution in [0.2, 0.25) is 0 Å². The fourth-order valence-corrected chi connectivity index (χ4v) is 4.45. The smallest absolute Gasteiger partial charge is 0.406 e. The van der Waals surface area contributed by atoms with Crippen molar-refractivity contribution in [1.82, 2.24) is 20.3 Å². The van der Waals surface area contributed by atoms with Crippen molar-refractivity contribution in [3.8, 4) is 5.75 Å². The van der Waals surface area contributed by atoms with E-state index in [1.54, 1.807) is 12.4 Å². The Labute approximate surface area is 192 Å². The van der Waals surface area contributed by atoms with Gasteiger partial charge in [0.05, 0.1) is 35.1 Å². The summed E-state index contributed by atoms with van der Waals surface area (Å²) in [6, 6.07) is 8.52. The molecule has 178 valence electrons. The van der Waals surface area contributed by atoms with Crippen LogP contribution in [0.1, 0.15) is 16.8 Å². The molecule has 1 aliphatic rings. The minimum Gasteiger partial charge on any atom is -0.406 e. The maximum Gasteiger partial charge on any atom is 0.573 e. The van der Waals surface area contributed by atoms with E-state index in [1.807, 2.05) is 6.07 Å². The van der Waals surface area contributed by atoms with Crippen LogP contribution in [0.5, 0.6) is 5.75 Å². The van der Waals surface area contributed by atoms with Gasteiger partial charge in [0, 0.05) is 18.6 Å². The Balaban J connectivity index is 1.35. The highest BCUT2D eigenvalue weighted by Crippen LogP contribution is 2.28. The van der Waals surface area contributed by atoms with Crippen molar-refractivity contribution in [1.29, 1.82) is 0 Å². The van der Waals surface area contributed by atoms with Gasteiger partial charge < -0.3 is 14.9 Å². The van der Waals surface area contributed by atoms with Gasteiger partial charge in [-0.15, -0.1) is 18.2 Å². The molecule has 0 atom stereocenters. The number of aromatic nitrogens is 2. The summed E-state index contributed by atoms with van der Waals surface area (Å²) in [7, 11) is -4.14. The second kappa shape index (κ2) is 9.27. The number of ether oxygens (including phenoxy) is 1. The highest BCUT2D eigenvalue weighted by Gasteiger charge is 2.31. The standard InChI is InChI=1S/C21H17F3N4O5S/c22-21(23,24)32-17-2-1-3-18(8-17)34(30,31)19-5-4-16(26-11-19)10-27-20(29)33-28-12-14-6-7-25-9-15(14)13-28/h1-9,11H,10,12-13H2,(H,27,29). The van der Waals surface area contributed by atoms with E-state index in [4.69, 9.17) is 4.84 Å². The lowest BCUT2D eigenvalue weighted by Crippen LogP contribution is -2.31. The predicted octanol–water partition coefficient (Wildman–Crippen LogP) is 3.37. The third-order valence-corrected chi connectivity index (χ3v) is 6.52. The Morgan fingerprint density at radius 3 is 2.56 bits per heavy atom. The largest absolute Gasteiger partial charge is 0.573 e. The molecule has 0 radical (unpaired) electrons. The van der Waals surface area contributed by atoms with Gasteiger partial charge >= 0.3 is 12.5 Å². The number of nitrogens with zero attached hydrogens (tertiary/aromatic N) is 3. The molecule has 0 bridgehead atoms. The van der Waals surface area contributed by atoms with Crippen molar-refractivity contribution >= 4 is 15.9 Å². The van der Waals surface area contributed by atoms with Crippen molar-refractivity contribution < 1.29 is 36.0 Å². The summed E-state index contributed by atoms with van der Waals surface area (Å²) in [6.07, 6.45) is -1.24. The Morgan fingerprint density at radius 1 is 1.06 bits per heavy atom. The molecule has 0 saturated heterocycles. The molecule has 34 heavy (non-hydrogen) atoms. The Bertz CT molecular complexity index is 1280. The van der Waals surface area contributed by atoms with Crippen LogP contribution in [0.3, 0.4) is 0 Å². The van der Waals surface area contributed by atoms with Gasteiger partial charge in [-0.05, 0) is 47.5 Å². The topological polar surface area (TPSA) is 111 Å². The number of benzene rings is 1. The van der Waals surface area contributed by atoms with Gasteiger partial charge in [-0.25, -0.2) is 13.2 Å². The third kappa shape index (κ3) is 5.61. The van der Waals surface area contributed by atoms with Gasteiger partial charge in [-0.1, -0.05) is 6.07 Å².